The van der Waals surface area contributed by atoms with Crippen LogP contribution in [0.5, 0.6) is 5.75 Å². The van der Waals surface area contributed by atoms with Crippen LogP contribution >= 0.6 is 0 Å². The van der Waals surface area contributed by atoms with E-state index < -0.39 is 10.7 Å². The highest BCUT2D eigenvalue weighted by atomic mass is 19.1. The van der Waals surface area contributed by atoms with Gasteiger partial charge in [-0.25, -0.2) is 9.37 Å². The van der Waals surface area contributed by atoms with Crippen LogP contribution in [0.15, 0.2) is 65.1 Å². The second kappa shape index (κ2) is 10.9. The first-order chi connectivity index (χ1) is 16.5. The number of aromatic nitrogens is 1. The predicted molar refractivity (Wildman–Crippen MR) is 130 cm³/mol. The molecule has 34 heavy (non-hydrogen) atoms. The van der Waals surface area contributed by atoms with Crippen LogP contribution in [0.2, 0.25) is 0 Å². The van der Waals surface area contributed by atoms with E-state index in [0.717, 1.165) is 17.7 Å². The molecule has 0 atom stereocenters. The maximum atomic E-state index is 14.9. The molecule has 0 spiro atoms. The molecule has 1 aromatic heterocycles. The van der Waals surface area contributed by atoms with Crippen LogP contribution in [0.3, 0.4) is 0 Å². The van der Waals surface area contributed by atoms with Crippen molar-refractivity contribution in [1.82, 2.24) is 4.98 Å². The van der Waals surface area contributed by atoms with Crippen LogP contribution in [0, 0.1) is 15.9 Å². The molecule has 0 aliphatic heterocycles. The molecular formula is C27H27FN2O4. The van der Waals surface area contributed by atoms with Gasteiger partial charge in [0.05, 0.1) is 11.5 Å². The second-order valence-electron chi connectivity index (χ2n) is 8.26. The molecule has 3 aromatic carbocycles. The molecule has 7 heteroatoms. The first-order valence-corrected chi connectivity index (χ1v) is 11.6. The van der Waals surface area contributed by atoms with Crippen molar-refractivity contribution in [2.24, 2.45) is 0 Å². The standard InChI is InChI=1S/C27H27FN2O4/c1-2-3-4-5-6-7-16-33-22-12-8-19(9-13-22)23-14-10-20(17-24(23)28)27-29-25-18-21(30(31)32)11-15-26(25)34-27/h8-15,17-18H,2-7,16H2,1H3. The molecule has 176 valence electrons. The summed E-state index contributed by atoms with van der Waals surface area (Å²) in [7, 11) is 0. The minimum absolute atomic E-state index is 0.0757. The molecule has 6 nitrogen and oxygen atoms in total. The lowest BCUT2D eigenvalue weighted by Gasteiger charge is -2.09. The second-order valence-corrected chi connectivity index (χ2v) is 8.26. The highest BCUT2D eigenvalue weighted by Gasteiger charge is 2.15. The molecule has 4 aromatic rings. The Labute approximate surface area is 197 Å². The molecule has 0 N–H and O–H groups in total. The van der Waals surface area contributed by atoms with Crippen molar-refractivity contribution < 1.29 is 18.5 Å². The van der Waals surface area contributed by atoms with Crippen LogP contribution in [-0.4, -0.2) is 16.5 Å². The molecule has 0 aliphatic carbocycles. The van der Waals surface area contributed by atoms with Crippen LogP contribution in [0.1, 0.15) is 45.4 Å². The quantitative estimate of drug-likeness (QED) is 0.128. The Bertz CT molecular complexity index is 1270. The van der Waals surface area contributed by atoms with Gasteiger partial charge in [-0.1, -0.05) is 57.2 Å². The van der Waals surface area contributed by atoms with E-state index >= 15 is 0 Å². The maximum Gasteiger partial charge on any atom is 0.271 e. The number of nitro benzene ring substituents is 1. The van der Waals surface area contributed by atoms with E-state index in [0.29, 0.717) is 28.8 Å². The van der Waals surface area contributed by atoms with E-state index in [9.17, 15) is 14.5 Å². The molecule has 1 heterocycles. The summed E-state index contributed by atoms with van der Waals surface area (Å²) in [6.07, 6.45) is 7.27. The van der Waals surface area contributed by atoms with Gasteiger partial charge in [0.15, 0.2) is 5.58 Å². The maximum absolute atomic E-state index is 14.9. The van der Waals surface area contributed by atoms with Gasteiger partial charge in [-0.15, -0.1) is 0 Å². The molecule has 0 saturated carbocycles. The number of rotatable bonds is 11. The van der Waals surface area contributed by atoms with Gasteiger partial charge < -0.3 is 9.15 Å². The summed E-state index contributed by atoms with van der Waals surface area (Å²) in [4.78, 5) is 14.7. The lowest BCUT2D eigenvalue weighted by atomic mass is 10.0. The number of fused-ring (bicyclic) bond motifs is 1. The summed E-state index contributed by atoms with van der Waals surface area (Å²) in [5, 5.41) is 11.0. The number of nitrogens with zero attached hydrogens (tertiary/aromatic N) is 2. The van der Waals surface area contributed by atoms with E-state index in [4.69, 9.17) is 9.15 Å². The van der Waals surface area contributed by atoms with Gasteiger partial charge in [-0.3, -0.25) is 10.1 Å². The number of hydrogen-bond acceptors (Lipinski definition) is 5. The predicted octanol–water partition coefficient (Wildman–Crippen LogP) is 7.95. The Hall–Kier alpha value is -3.74. The number of halogens is 1. The fourth-order valence-electron chi connectivity index (χ4n) is 3.84. The Kier molecular flexibility index (Phi) is 7.52. The van der Waals surface area contributed by atoms with Crippen molar-refractivity contribution in [2.45, 2.75) is 45.4 Å². The fraction of sp³-hybridized carbons (Fsp3) is 0.296. The van der Waals surface area contributed by atoms with E-state index in [1.165, 1.54) is 56.4 Å². The molecule has 0 saturated heterocycles. The highest BCUT2D eigenvalue weighted by molar-refractivity contribution is 5.79. The van der Waals surface area contributed by atoms with Gasteiger partial charge >= 0.3 is 0 Å². The molecule has 0 bridgehead atoms. The third-order valence-electron chi connectivity index (χ3n) is 5.73. The molecule has 0 unspecified atom stereocenters. The monoisotopic (exact) mass is 462 g/mol. The topological polar surface area (TPSA) is 78.4 Å². The molecule has 0 fully saturated rings. The lowest BCUT2D eigenvalue weighted by molar-refractivity contribution is -0.384. The average molecular weight is 463 g/mol. The minimum Gasteiger partial charge on any atom is -0.494 e. The Morgan fingerprint density at radius 3 is 2.41 bits per heavy atom. The number of oxazole rings is 1. The van der Waals surface area contributed by atoms with Gasteiger partial charge in [0.2, 0.25) is 5.89 Å². The summed E-state index contributed by atoms with van der Waals surface area (Å²) < 4.78 is 26.4. The largest absolute Gasteiger partial charge is 0.494 e. The third-order valence-corrected chi connectivity index (χ3v) is 5.73. The number of nitro groups is 1. The van der Waals surface area contributed by atoms with Gasteiger partial charge in [-0.2, -0.15) is 0 Å². The lowest BCUT2D eigenvalue weighted by Crippen LogP contribution is -1.97. The van der Waals surface area contributed by atoms with Crippen molar-refractivity contribution in [3.63, 3.8) is 0 Å². The molecule has 0 amide bonds. The molecule has 4 rings (SSSR count). The van der Waals surface area contributed by atoms with Crippen molar-refractivity contribution in [1.29, 1.82) is 0 Å². The third kappa shape index (κ3) is 5.60. The zero-order chi connectivity index (χ0) is 23.9. The summed E-state index contributed by atoms with van der Waals surface area (Å²) in [5.74, 6) is 0.570. The number of non-ortho nitro benzene ring substituents is 1. The number of benzene rings is 3. The van der Waals surface area contributed by atoms with Crippen molar-refractivity contribution in [3.8, 4) is 28.3 Å². The molecule has 0 aliphatic rings. The number of unbranched alkanes of at least 4 members (excludes halogenated alkanes) is 5. The zero-order valence-electron chi connectivity index (χ0n) is 19.1. The van der Waals surface area contributed by atoms with Crippen LogP contribution in [0.4, 0.5) is 10.1 Å². The SMILES string of the molecule is CCCCCCCCOc1ccc(-c2ccc(-c3nc4cc([N+](=O)[O-])ccc4o3)cc2F)cc1. The normalized spacial score (nSPS) is 11.1. The van der Waals surface area contributed by atoms with Gasteiger partial charge in [0.25, 0.3) is 5.69 Å². The van der Waals surface area contributed by atoms with Crippen molar-refractivity contribution in [2.75, 3.05) is 6.61 Å². The van der Waals surface area contributed by atoms with Crippen molar-refractivity contribution >= 4 is 16.8 Å². The van der Waals surface area contributed by atoms with Gasteiger partial charge in [0.1, 0.15) is 17.1 Å². The Morgan fingerprint density at radius 1 is 0.941 bits per heavy atom. The van der Waals surface area contributed by atoms with Crippen molar-refractivity contribution in [3.05, 3.63) is 76.6 Å². The number of hydrogen-bond donors (Lipinski definition) is 0. The average Bonchev–Trinajstić information content (AvgIpc) is 3.27. The number of ether oxygens (including phenoxy) is 1. The van der Waals surface area contributed by atoms with E-state index in [1.807, 2.05) is 24.3 Å². The first kappa shape index (κ1) is 23.4. The zero-order valence-corrected chi connectivity index (χ0v) is 19.1. The van der Waals surface area contributed by atoms with Gasteiger partial charge in [-0.05, 0) is 42.3 Å². The van der Waals surface area contributed by atoms with E-state index in [2.05, 4.69) is 11.9 Å². The van der Waals surface area contributed by atoms with E-state index in [1.54, 1.807) is 12.1 Å². The van der Waals surface area contributed by atoms with Crippen LogP contribution < -0.4 is 4.74 Å². The first-order valence-electron chi connectivity index (χ1n) is 11.6. The molecular weight excluding hydrogens is 435 g/mol. The fourth-order valence-corrected chi connectivity index (χ4v) is 3.84. The van der Waals surface area contributed by atoms with E-state index in [-0.39, 0.29) is 11.6 Å². The summed E-state index contributed by atoms with van der Waals surface area (Å²) in [6.45, 7) is 2.89. The summed E-state index contributed by atoms with van der Waals surface area (Å²) >= 11 is 0. The Balaban J connectivity index is 1.41. The minimum atomic E-state index is -0.493. The summed E-state index contributed by atoms with van der Waals surface area (Å²) in [6, 6.07) is 16.3. The van der Waals surface area contributed by atoms with Gasteiger partial charge in [0, 0.05) is 23.3 Å². The van der Waals surface area contributed by atoms with Crippen LogP contribution in [0.25, 0.3) is 33.7 Å². The smallest absolute Gasteiger partial charge is 0.271 e. The Morgan fingerprint density at radius 2 is 1.68 bits per heavy atom. The summed E-state index contributed by atoms with van der Waals surface area (Å²) in [5.41, 5.74) is 2.33. The van der Waals surface area contributed by atoms with Crippen LogP contribution in [-0.2, 0) is 0 Å². The molecule has 0 radical (unpaired) electrons. The highest BCUT2D eigenvalue weighted by Crippen LogP contribution is 2.31.